The molecule has 0 spiro atoms. The Morgan fingerprint density at radius 3 is 1.93 bits per heavy atom. The summed E-state index contributed by atoms with van der Waals surface area (Å²) in [5.74, 6) is 0.485. The van der Waals surface area contributed by atoms with Gasteiger partial charge in [0.05, 0.1) is 5.69 Å². The molecule has 0 amide bonds. The topological polar surface area (TPSA) is 25.8 Å². The van der Waals surface area contributed by atoms with Crippen LogP contribution in [-0.4, -0.2) is 22.7 Å². The van der Waals surface area contributed by atoms with Gasteiger partial charge in [0.1, 0.15) is 0 Å². The molecule has 1 rings (SSSR count). The van der Waals surface area contributed by atoms with Crippen LogP contribution in [0.4, 0.5) is 0 Å². The zero-order chi connectivity index (χ0) is 11.4. The van der Waals surface area contributed by atoms with Crippen LogP contribution in [0.3, 0.4) is 0 Å². The minimum absolute atomic E-state index is 0.485. The second-order valence-electron chi connectivity index (χ2n) is 2.71. The average molecular weight is 214 g/mol. The van der Waals surface area contributed by atoms with Gasteiger partial charge in [-0.25, -0.2) is 0 Å². The molecule has 0 radical (unpaired) electrons. The van der Waals surface area contributed by atoms with E-state index in [1.165, 1.54) is 0 Å². The summed E-state index contributed by atoms with van der Waals surface area (Å²) < 4.78 is 0. The predicted octanol–water partition coefficient (Wildman–Crippen LogP) is 3.61. The molecule has 1 aromatic rings. The third kappa shape index (κ3) is 9.52. The highest BCUT2D eigenvalue weighted by molar-refractivity contribution is 7.97. The minimum Gasteiger partial charge on any atom is -0.169 e. The summed E-state index contributed by atoms with van der Waals surface area (Å²) in [6.45, 7) is 8.20. The molecule has 0 aromatic carbocycles. The van der Waals surface area contributed by atoms with Crippen LogP contribution in [0.15, 0.2) is 18.3 Å². The molecule has 0 aliphatic heterocycles. The second kappa shape index (κ2) is 12.4. The van der Waals surface area contributed by atoms with E-state index in [9.17, 15) is 0 Å². The summed E-state index contributed by atoms with van der Waals surface area (Å²) in [5.41, 5.74) is 1.05. The molecular formula is C11H22N2S. The molecule has 0 fully saturated rings. The first-order valence-corrected chi connectivity index (χ1v) is 6.53. The van der Waals surface area contributed by atoms with Crippen molar-refractivity contribution in [2.45, 2.75) is 33.6 Å². The van der Waals surface area contributed by atoms with E-state index in [0.29, 0.717) is 5.92 Å². The van der Waals surface area contributed by atoms with Crippen molar-refractivity contribution in [3.8, 4) is 0 Å². The van der Waals surface area contributed by atoms with Crippen molar-refractivity contribution in [1.82, 2.24) is 10.2 Å². The van der Waals surface area contributed by atoms with Crippen molar-refractivity contribution in [2.75, 3.05) is 12.5 Å². The van der Waals surface area contributed by atoms with Gasteiger partial charge < -0.3 is 0 Å². The number of aromatic nitrogens is 2. The van der Waals surface area contributed by atoms with Crippen LogP contribution in [-0.2, 0) is 0 Å². The fraction of sp³-hybridized carbons (Fsp3) is 0.636. The summed E-state index contributed by atoms with van der Waals surface area (Å²) in [5, 5.41) is 7.68. The van der Waals surface area contributed by atoms with Gasteiger partial charge >= 0.3 is 0 Å². The van der Waals surface area contributed by atoms with Crippen molar-refractivity contribution in [3.05, 3.63) is 24.0 Å². The Morgan fingerprint density at radius 1 is 1.21 bits per heavy atom. The van der Waals surface area contributed by atoms with Crippen LogP contribution < -0.4 is 0 Å². The number of thioether (sulfide) groups is 1. The Kier molecular flexibility index (Phi) is 14.1. The normalized spacial score (nSPS) is 8.21. The summed E-state index contributed by atoms with van der Waals surface area (Å²) in [6, 6.07) is 3.89. The van der Waals surface area contributed by atoms with Crippen LogP contribution in [0.1, 0.15) is 39.3 Å². The fourth-order valence-corrected chi connectivity index (χ4v) is 0.621. The van der Waals surface area contributed by atoms with E-state index in [4.69, 9.17) is 0 Å². The van der Waals surface area contributed by atoms with E-state index in [1.807, 2.05) is 38.5 Å². The third-order valence-electron chi connectivity index (χ3n) is 1.18. The number of hydrogen-bond donors (Lipinski definition) is 0. The fourth-order valence-electron chi connectivity index (χ4n) is 0.621. The standard InChI is InChI=1S/C7H10N2.C2H6S.C2H6/c1-6(2)7-4-3-5-8-9-7;1-3-2;1-2/h3-6H,1-2H3;1-2H3;1-2H3. The first-order chi connectivity index (χ1) is 6.72. The van der Waals surface area contributed by atoms with Gasteiger partial charge in [-0.2, -0.15) is 22.0 Å². The second-order valence-corrected chi connectivity index (χ2v) is 3.53. The molecular weight excluding hydrogens is 192 g/mol. The molecule has 0 N–H and O–H groups in total. The number of rotatable bonds is 1. The molecule has 0 unspecified atom stereocenters. The van der Waals surface area contributed by atoms with Crippen molar-refractivity contribution in [3.63, 3.8) is 0 Å². The lowest BCUT2D eigenvalue weighted by atomic mass is 10.1. The van der Waals surface area contributed by atoms with Crippen molar-refractivity contribution < 1.29 is 0 Å². The molecule has 0 aliphatic carbocycles. The van der Waals surface area contributed by atoms with Gasteiger partial charge in [-0.3, -0.25) is 0 Å². The zero-order valence-electron chi connectivity index (χ0n) is 10.1. The summed E-state index contributed by atoms with van der Waals surface area (Å²) in [4.78, 5) is 0. The Morgan fingerprint density at radius 2 is 1.71 bits per heavy atom. The first-order valence-electron chi connectivity index (χ1n) is 4.90. The Bertz CT molecular complexity index is 188. The van der Waals surface area contributed by atoms with E-state index in [0.717, 1.165) is 5.69 Å². The minimum atomic E-state index is 0.485. The monoisotopic (exact) mass is 214 g/mol. The lowest BCUT2D eigenvalue weighted by Crippen LogP contribution is -1.92. The maximum absolute atomic E-state index is 3.93. The van der Waals surface area contributed by atoms with E-state index >= 15 is 0 Å². The van der Waals surface area contributed by atoms with Gasteiger partial charge in [0.25, 0.3) is 0 Å². The molecule has 0 saturated carbocycles. The SMILES string of the molecule is CC.CC(C)c1cccnn1.CSC. The van der Waals surface area contributed by atoms with Gasteiger partial charge in [-0.15, -0.1) is 0 Å². The Balaban J connectivity index is 0. The maximum atomic E-state index is 3.93. The highest BCUT2D eigenvalue weighted by atomic mass is 32.2. The lowest BCUT2D eigenvalue weighted by Gasteiger charge is -1.98. The van der Waals surface area contributed by atoms with Crippen LogP contribution in [0, 0.1) is 0 Å². The average Bonchev–Trinajstić information content (AvgIpc) is 2.23. The van der Waals surface area contributed by atoms with Crippen LogP contribution in [0.5, 0.6) is 0 Å². The Labute approximate surface area is 92.5 Å². The molecule has 14 heavy (non-hydrogen) atoms. The molecule has 0 saturated heterocycles. The van der Waals surface area contributed by atoms with Gasteiger partial charge in [0.2, 0.25) is 0 Å². The molecule has 0 bridgehead atoms. The molecule has 82 valence electrons. The Hall–Kier alpha value is -0.570. The quantitative estimate of drug-likeness (QED) is 0.714. The van der Waals surface area contributed by atoms with Crippen LogP contribution in [0.25, 0.3) is 0 Å². The predicted molar refractivity (Wildman–Crippen MR) is 66.9 cm³/mol. The molecule has 1 heterocycles. The van der Waals surface area contributed by atoms with Gasteiger partial charge in [-0.05, 0) is 30.6 Å². The van der Waals surface area contributed by atoms with E-state index in [-0.39, 0.29) is 0 Å². The lowest BCUT2D eigenvalue weighted by molar-refractivity contribution is 0.785. The number of nitrogens with zero attached hydrogens (tertiary/aromatic N) is 2. The zero-order valence-corrected chi connectivity index (χ0v) is 10.9. The smallest absolute Gasteiger partial charge is 0.0656 e. The molecule has 3 heteroatoms. The van der Waals surface area contributed by atoms with Gasteiger partial charge in [0.15, 0.2) is 0 Å². The highest BCUT2D eigenvalue weighted by Gasteiger charge is 1.96. The molecule has 1 aromatic heterocycles. The highest BCUT2D eigenvalue weighted by Crippen LogP contribution is 2.07. The first kappa shape index (κ1) is 15.9. The van der Waals surface area contributed by atoms with Gasteiger partial charge in [-0.1, -0.05) is 27.7 Å². The third-order valence-corrected chi connectivity index (χ3v) is 1.18. The van der Waals surface area contributed by atoms with Crippen LogP contribution in [0.2, 0.25) is 0 Å². The van der Waals surface area contributed by atoms with E-state index < -0.39 is 0 Å². The van der Waals surface area contributed by atoms with E-state index in [1.54, 1.807) is 18.0 Å². The largest absolute Gasteiger partial charge is 0.169 e. The summed E-state index contributed by atoms with van der Waals surface area (Å²) >= 11 is 1.75. The maximum Gasteiger partial charge on any atom is 0.0656 e. The molecule has 2 nitrogen and oxygen atoms in total. The summed E-state index contributed by atoms with van der Waals surface area (Å²) in [6.07, 6.45) is 5.77. The van der Waals surface area contributed by atoms with Crippen molar-refractivity contribution >= 4 is 11.8 Å². The van der Waals surface area contributed by atoms with Crippen molar-refractivity contribution in [1.29, 1.82) is 0 Å². The molecule has 0 atom stereocenters. The summed E-state index contributed by atoms with van der Waals surface area (Å²) in [7, 11) is 0. The molecule has 0 aliphatic rings. The van der Waals surface area contributed by atoms with Crippen LogP contribution >= 0.6 is 11.8 Å². The van der Waals surface area contributed by atoms with Crippen molar-refractivity contribution in [2.24, 2.45) is 0 Å². The number of hydrogen-bond acceptors (Lipinski definition) is 3. The van der Waals surface area contributed by atoms with E-state index in [2.05, 4.69) is 24.0 Å². The van der Waals surface area contributed by atoms with Gasteiger partial charge in [0, 0.05) is 6.20 Å².